The zero-order valence-corrected chi connectivity index (χ0v) is 14.3. The number of benzene rings is 2. The van der Waals surface area contributed by atoms with Crippen molar-refractivity contribution < 1.29 is 9.47 Å². The summed E-state index contributed by atoms with van der Waals surface area (Å²) >= 11 is 6.29. The number of rotatable bonds is 6. The van der Waals surface area contributed by atoms with Gasteiger partial charge in [-0.05, 0) is 48.7 Å². The van der Waals surface area contributed by atoms with Gasteiger partial charge in [0.1, 0.15) is 11.5 Å². The summed E-state index contributed by atoms with van der Waals surface area (Å²) in [7, 11) is 1.71. The molecule has 122 valence electrons. The van der Waals surface area contributed by atoms with Crippen molar-refractivity contribution in [1.29, 1.82) is 0 Å². The third-order valence-electron chi connectivity index (χ3n) is 4.29. The molecule has 1 heterocycles. The van der Waals surface area contributed by atoms with Crippen molar-refractivity contribution in [3.05, 3.63) is 58.6 Å². The van der Waals surface area contributed by atoms with Crippen LogP contribution in [0.2, 0.25) is 5.02 Å². The summed E-state index contributed by atoms with van der Waals surface area (Å²) in [4.78, 5) is 2.46. The van der Waals surface area contributed by atoms with Gasteiger partial charge in [-0.2, -0.15) is 0 Å². The first kappa shape index (κ1) is 16.2. The molecular weight excluding hydrogens is 310 g/mol. The highest BCUT2D eigenvalue weighted by atomic mass is 35.5. The first-order chi connectivity index (χ1) is 11.2. The van der Waals surface area contributed by atoms with Gasteiger partial charge in [-0.3, -0.25) is 4.90 Å². The molecule has 1 saturated heterocycles. The summed E-state index contributed by atoms with van der Waals surface area (Å²) in [5, 5.41) is 0.683. The number of nitrogens with zero attached hydrogens (tertiary/aromatic N) is 1. The van der Waals surface area contributed by atoms with E-state index in [2.05, 4.69) is 29.2 Å². The Bertz CT molecular complexity index is 674. The number of halogens is 1. The number of hydrogen-bond donors (Lipinski definition) is 0. The van der Waals surface area contributed by atoms with E-state index in [1.165, 1.54) is 17.5 Å². The van der Waals surface area contributed by atoms with Gasteiger partial charge in [-0.1, -0.05) is 29.8 Å². The molecule has 1 aliphatic rings. The number of ether oxygens (including phenoxy) is 2. The SMILES string of the molecule is CCOc1ccc(CN2CCC2c2cccc(OC)c2)cc1Cl. The van der Waals surface area contributed by atoms with Gasteiger partial charge < -0.3 is 9.47 Å². The van der Waals surface area contributed by atoms with Crippen molar-refractivity contribution in [3.63, 3.8) is 0 Å². The molecule has 1 fully saturated rings. The topological polar surface area (TPSA) is 21.7 Å². The standard InChI is InChI=1S/C19H22ClNO2/c1-3-23-19-8-7-14(11-17(19)20)13-21-10-9-18(21)15-5-4-6-16(12-15)22-2/h4-8,11-12,18H,3,9-10,13H2,1-2H3. The molecular formula is C19H22ClNO2. The Morgan fingerprint density at radius 2 is 2.09 bits per heavy atom. The summed E-state index contributed by atoms with van der Waals surface area (Å²) in [6, 6.07) is 14.9. The van der Waals surface area contributed by atoms with Gasteiger partial charge in [0.05, 0.1) is 18.7 Å². The molecule has 2 aromatic carbocycles. The Kier molecular flexibility index (Phi) is 5.09. The normalized spacial score (nSPS) is 17.6. The van der Waals surface area contributed by atoms with Crippen molar-refractivity contribution in [2.24, 2.45) is 0 Å². The summed E-state index contributed by atoms with van der Waals surface area (Å²) < 4.78 is 10.8. The lowest BCUT2D eigenvalue weighted by Crippen LogP contribution is -2.40. The van der Waals surface area contributed by atoms with E-state index in [9.17, 15) is 0 Å². The van der Waals surface area contributed by atoms with E-state index in [4.69, 9.17) is 21.1 Å². The predicted molar refractivity (Wildman–Crippen MR) is 93.4 cm³/mol. The molecule has 3 rings (SSSR count). The summed E-state index contributed by atoms with van der Waals surface area (Å²) in [6.07, 6.45) is 1.18. The summed E-state index contributed by atoms with van der Waals surface area (Å²) in [5.41, 5.74) is 2.53. The van der Waals surface area contributed by atoms with Crippen LogP contribution in [0.3, 0.4) is 0 Å². The number of likely N-dealkylation sites (tertiary alicyclic amines) is 1. The van der Waals surface area contributed by atoms with Crippen LogP contribution in [0.25, 0.3) is 0 Å². The smallest absolute Gasteiger partial charge is 0.137 e. The van der Waals surface area contributed by atoms with Crippen LogP contribution in [0.4, 0.5) is 0 Å². The summed E-state index contributed by atoms with van der Waals surface area (Å²) in [5.74, 6) is 1.67. The minimum Gasteiger partial charge on any atom is -0.497 e. The van der Waals surface area contributed by atoms with E-state index in [1.54, 1.807) is 7.11 Å². The van der Waals surface area contributed by atoms with Crippen molar-refractivity contribution in [1.82, 2.24) is 4.90 Å². The predicted octanol–water partition coefficient (Wildman–Crippen LogP) is 4.69. The lowest BCUT2D eigenvalue weighted by atomic mass is 9.94. The second kappa shape index (κ2) is 7.24. The highest BCUT2D eigenvalue weighted by Gasteiger charge is 2.29. The van der Waals surface area contributed by atoms with Crippen molar-refractivity contribution >= 4 is 11.6 Å². The zero-order chi connectivity index (χ0) is 16.2. The van der Waals surface area contributed by atoms with Crippen LogP contribution in [0.1, 0.15) is 30.5 Å². The van der Waals surface area contributed by atoms with Crippen LogP contribution < -0.4 is 9.47 Å². The van der Waals surface area contributed by atoms with Crippen LogP contribution in [-0.4, -0.2) is 25.2 Å². The van der Waals surface area contributed by atoms with Gasteiger partial charge in [0.2, 0.25) is 0 Å². The molecule has 2 aromatic rings. The molecule has 0 N–H and O–H groups in total. The molecule has 0 spiro atoms. The Balaban J connectivity index is 1.69. The third-order valence-corrected chi connectivity index (χ3v) is 4.59. The molecule has 0 aliphatic carbocycles. The second-order valence-electron chi connectivity index (χ2n) is 5.75. The maximum absolute atomic E-state index is 6.29. The van der Waals surface area contributed by atoms with E-state index in [0.717, 1.165) is 24.6 Å². The van der Waals surface area contributed by atoms with Crippen LogP contribution >= 0.6 is 11.6 Å². The molecule has 23 heavy (non-hydrogen) atoms. The van der Waals surface area contributed by atoms with E-state index in [0.29, 0.717) is 17.7 Å². The molecule has 0 bridgehead atoms. The summed E-state index contributed by atoms with van der Waals surface area (Å²) in [6.45, 7) is 4.59. The van der Waals surface area contributed by atoms with Crippen LogP contribution in [0.5, 0.6) is 11.5 Å². The molecule has 0 saturated carbocycles. The monoisotopic (exact) mass is 331 g/mol. The molecule has 0 radical (unpaired) electrons. The lowest BCUT2D eigenvalue weighted by Gasteiger charge is -2.41. The maximum atomic E-state index is 6.29. The van der Waals surface area contributed by atoms with Gasteiger partial charge in [-0.25, -0.2) is 0 Å². The van der Waals surface area contributed by atoms with Gasteiger partial charge in [0.25, 0.3) is 0 Å². The number of hydrogen-bond acceptors (Lipinski definition) is 3. The van der Waals surface area contributed by atoms with Crippen molar-refractivity contribution in [2.75, 3.05) is 20.3 Å². The minimum absolute atomic E-state index is 0.454. The third kappa shape index (κ3) is 3.62. The van der Waals surface area contributed by atoms with Gasteiger partial charge in [0, 0.05) is 19.1 Å². The lowest BCUT2D eigenvalue weighted by molar-refractivity contribution is 0.0817. The van der Waals surface area contributed by atoms with Crippen LogP contribution in [0, 0.1) is 0 Å². The Morgan fingerprint density at radius 3 is 2.74 bits per heavy atom. The first-order valence-corrected chi connectivity index (χ1v) is 8.38. The van der Waals surface area contributed by atoms with E-state index in [1.807, 2.05) is 25.1 Å². The molecule has 1 unspecified atom stereocenters. The molecule has 1 aliphatic heterocycles. The van der Waals surface area contributed by atoms with E-state index < -0.39 is 0 Å². The Hall–Kier alpha value is -1.71. The highest BCUT2D eigenvalue weighted by molar-refractivity contribution is 6.32. The average molecular weight is 332 g/mol. The van der Waals surface area contributed by atoms with Crippen molar-refractivity contribution in [2.45, 2.75) is 25.9 Å². The molecule has 1 atom stereocenters. The van der Waals surface area contributed by atoms with Gasteiger partial charge in [-0.15, -0.1) is 0 Å². The molecule has 0 aromatic heterocycles. The van der Waals surface area contributed by atoms with E-state index in [-0.39, 0.29) is 0 Å². The Morgan fingerprint density at radius 1 is 1.22 bits per heavy atom. The maximum Gasteiger partial charge on any atom is 0.137 e. The first-order valence-electron chi connectivity index (χ1n) is 8.00. The highest BCUT2D eigenvalue weighted by Crippen LogP contribution is 2.36. The fraction of sp³-hybridized carbons (Fsp3) is 0.368. The fourth-order valence-corrected chi connectivity index (χ4v) is 3.26. The largest absolute Gasteiger partial charge is 0.497 e. The zero-order valence-electron chi connectivity index (χ0n) is 13.6. The van der Waals surface area contributed by atoms with Gasteiger partial charge >= 0.3 is 0 Å². The van der Waals surface area contributed by atoms with Gasteiger partial charge in [0.15, 0.2) is 0 Å². The molecule has 0 amide bonds. The Labute approximate surface area is 142 Å². The van der Waals surface area contributed by atoms with Crippen LogP contribution in [0.15, 0.2) is 42.5 Å². The molecule has 4 heteroatoms. The quantitative estimate of drug-likeness (QED) is 0.766. The number of methoxy groups -OCH3 is 1. The molecule has 3 nitrogen and oxygen atoms in total. The second-order valence-corrected chi connectivity index (χ2v) is 6.16. The van der Waals surface area contributed by atoms with Crippen molar-refractivity contribution in [3.8, 4) is 11.5 Å². The average Bonchev–Trinajstić information content (AvgIpc) is 2.54. The van der Waals surface area contributed by atoms with E-state index >= 15 is 0 Å². The fourth-order valence-electron chi connectivity index (χ4n) is 3.01. The minimum atomic E-state index is 0.454. The van der Waals surface area contributed by atoms with Crippen LogP contribution in [-0.2, 0) is 6.54 Å².